The standard InChI is InChI=1S/C15H13F3N2O4/c1-10-12(5-2-6-13(10)20(22)23)14(21)19(9-15(16,17)18)8-11-4-3-7-24-11/h2-7H,8-9H2,1H3. The van der Waals surface area contributed by atoms with E-state index < -0.39 is 30.1 Å². The van der Waals surface area contributed by atoms with Crippen LogP contribution < -0.4 is 0 Å². The van der Waals surface area contributed by atoms with Gasteiger partial charge in [-0.25, -0.2) is 0 Å². The number of nitrogens with zero attached hydrogens (tertiary/aromatic N) is 2. The number of rotatable bonds is 5. The lowest BCUT2D eigenvalue weighted by atomic mass is 10.1. The van der Waals surface area contributed by atoms with E-state index in [1.807, 2.05) is 0 Å². The highest BCUT2D eigenvalue weighted by Gasteiger charge is 2.34. The van der Waals surface area contributed by atoms with Crippen molar-refractivity contribution in [1.29, 1.82) is 0 Å². The third-order valence-corrected chi connectivity index (χ3v) is 3.32. The number of hydrogen-bond acceptors (Lipinski definition) is 4. The molecule has 0 fully saturated rings. The predicted molar refractivity (Wildman–Crippen MR) is 77.3 cm³/mol. The molecule has 128 valence electrons. The molecule has 1 heterocycles. The van der Waals surface area contributed by atoms with Crippen molar-refractivity contribution in [2.24, 2.45) is 0 Å². The lowest BCUT2D eigenvalue weighted by Gasteiger charge is -2.23. The molecule has 1 aromatic heterocycles. The van der Waals surface area contributed by atoms with Crippen molar-refractivity contribution < 1.29 is 27.3 Å². The molecule has 2 aromatic rings. The number of alkyl halides is 3. The van der Waals surface area contributed by atoms with Gasteiger partial charge in [0.25, 0.3) is 11.6 Å². The van der Waals surface area contributed by atoms with Crippen LogP contribution in [0.4, 0.5) is 18.9 Å². The maximum atomic E-state index is 12.8. The molecular formula is C15H13F3N2O4. The second kappa shape index (κ2) is 6.73. The molecule has 0 unspecified atom stereocenters. The molecule has 0 saturated carbocycles. The molecule has 0 atom stereocenters. The second-order valence-electron chi connectivity index (χ2n) is 5.06. The summed E-state index contributed by atoms with van der Waals surface area (Å²) in [6.07, 6.45) is -3.33. The van der Waals surface area contributed by atoms with Crippen molar-refractivity contribution >= 4 is 11.6 Å². The molecule has 1 amide bonds. The Bertz CT molecular complexity index is 742. The van der Waals surface area contributed by atoms with Gasteiger partial charge in [0.05, 0.1) is 17.7 Å². The molecular weight excluding hydrogens is 329 g/mol. The topological polar surface area (TPSA) is 76.6 Å². The third-order valence-electron chi connectivity index (χ3n) is 3.32. The smallest absolute Gasteiger partial charge is 0.406 e. The van der Waals surface area contributed by atoms with Gasteiger partial charge in [0.15, 0.2) is 0 Å². The molecule has 0 aliphatic rings. The fraction of sp³-hybridized carbons (Fsp3) is 0.267. The largest absolute Gasteiger partial charge is 0.467 e. The fourth-order valence-corrected chi connectivity index (χ4v) is 2.23. The lowest BCUT2D eigenvalue weighted by molar-refractivity contribution is -0.385. The zero-order valence-corrected chi connectivity index (χ0v) is 12.5. The number of carbonyl (C=O) groups is 1. The number of nitro benzene ring substituents is 1. The molecule has 0 aliphatic carbocycles. The van der Waals surface area contributed by atoms with Gasteiger partial charge in [-0.1, -0.05) is 6.07 Å². The summed E-state index contributed by atoms with van der Waals surface area (Å²) in [6, 6.07) is 6.64. The maximum Gasteiger partial charge on any atom is 0.406 e. The molecule has 0 N–H and O–H groups in total. The first-order valence-electron chi connectivity index (χ1n) is 6.81. The summed E-state index contributed by atoms with van der Waals surface area (Å²) in [5, 5.41) is 10.9. The van der Waals surface area contributed by atoms with Gasteiger partial charge in [-0.3, -0.25) is 14.9 Å². The highest BCUT2D eigenvalue weighted by molar-refractivity contribution is 5.96. The minimum absolute atomic E-state index is 0.0131. The molecule has 1 aromatic carbocycles. The molecule has 2 rings (SSSR count). The zero-order chi connectivity index (χ0) is 17.9. The van der Waals surface area contributed by atoms with E-state index in [4.69, 9.17) is 4.42 Å². The monoisotopic (exact) mass is 342 g/mol. The summed E-state index contributed by atoms with van der Waals surface area (Å²) in [7, 11) is 0. The molecule has 0 aliphatic heterocycles. The van der Waals surface area contributed by atoms with Crippen LogP contribution in [0.5, 0.6) is 0 Å². The van der Waals surface area contributed by atoms with E-state index in [0.29, 0.717) is 4.90 Å². The van der Waals surface area contributed by atoms with Gasteiger partial charge in [0, 0.05) is 17.2 Å². The normalized spacial score (nSPS) is 11.3. The Morgan fingerprint density at radius 2 is 2.00 bits per heavy atom. The summed E-state index contributed by atoms with van der Waals surface area (Å²) >= 11 is 0. The van der Waals surface area contributed by atoms with E-state index in [1.54, 1.807) is 0 Å². The summed E-state index contributed by atoms with van der Waals surface area (Å²) in [6.45, 7) is -0.563. The van der Waals surface area contributed by atoms with Gasteiger partial charge < -0.3 is 9.32 Å². The van der Waals surface area contributed by atoms with Crippen molar-refractivity contribution in [1.82, 2.24) is 4.90 Å². The average Bonchev–Trinajstić information content (AvgIpc) is 2.97. The van der Waals surface area contributed by atoms with Gasteiger partial charge in [0.2, 0.25) is 0 Å². The summed E-state index contributed by atoms with van der Waals surface area (Å²) in [5.74, 6) is -0.777. The number of benzene rings is 1. The Balaban J connectivity index is 2.37. The molecule has 0 saturated heterocycles. The Morgan fingerprint density at radius 3 is 2.54 bits per heavy atom. The van der Waals surface area contributed by atoms with Crippen molar-refractivity contribution in [2.75, 3.05) is 6.54 Å². The highest BCUT2D eigenvalue weighted by Crippen LogP contribution is 2.25. The van der Waals surface area contributed by atoms with Crippen LogP contribution in [0, 0.1) is 17.0 Å². The van der Waals surface area contributed by atoms with E-state index in [2.05, 4.69) is 0 Å². The number of amides is 1. The lowest BCUT2D eigenvalue weighted by Crippen LogP contribution is -2.38. The summed E-state index contributed by atoms with van der Waals surface area (Å²) in [4.78, 5) is 23.3. The molecule has 0 bridgehead atoms. The van der Waals surface area contributed by atoms with Crippen LogP contribution in [0.2, 0.25) is 0 Å². The maximum absolute atomic E-state index is 12.8. The number of nitro groups is 1. The van der Waals surface area contributed by atoms with E-state index in [-0.39, 0.29) is 22.6 Å². The van der Waals surface area contributed by atoms with Crippen LogP contribution in [0.1, 0.15) is 21.7 Å². The minimum atomic E-state index is -4.61. The SMILES string of the molecule is Cc1c(C(=O)N(Cc2ccco2)CC(F)(F)F)cccc1[N+](=O)[O-]. The summed E-state index contributed by atoms with van der Waals surface area (Å²) in [5.41, 5.74) is -0.468. The zero-order valence-electron chi connectivity index (χ0n) is 12.5. The second-order valence-corrected chi connectivity index (χ2v) is 5.06. The van der Waals surface area contributed by atoms with E-state index in [1.165, 1.54) is 43.5 Å². The van der Waals surface area contributed by atoms with Crippen LogP contribution in [0.15, 0.2) is 41.0 Å². The highest BCUT2D eigenvalue weighted by atomic mass is 19.4. The average molecular weight is 342 g/mol. The molecule has 0 spiro atoms. The van der Waals surface area contributed by atoms with E-state index in [9.17, 15) is 28.1 Å². The van der Waals surface area contributed by atoms with Gasteiger partial charge in [-0.05, 0) is 25.1 Å². The first-order chi connectivity index (χ1) is 11.2. The first-order valence-corrected chi connectivity index (χ1v) is 6.81. The Kier molecular flexibility index (Phi) is 4.91. The number of furan rings is 1. The Morgan fingerprint density at radius 1 is 1.29 bits per heavy atom. The number of carbonyl (C=O) groups excluding carboxylic acids is 1. The summed E-state index contributed by atoms with van der Waals surface area (Å²) < 4.78 is 43.3. The van der Waals surface area contributed by atoms with Gasteiger partial charge in [-0.2, -0.15) is 13.2 Å². The van der Waals surface area contributed by atoms with E-state index >= 15 is 0 Å². The molecule has 6 nitrogen and oxygen atoms in total. The number of hydrogen-bond donors (Lipinski definition) is 0. The van der Waals surface area contributed by atoms with Crippen molar-refractivity contribution in [3.8, 4) is 0 Å². The van der Waals surface area contributed by atoms with Crippen LogP contribution >= 0.6 is 0 Å². The molecule has 24 heavy (non-hydrogen) atoms. The van der Waals surface area contributed by atoms with Crippen molar-refractivity contribution in [2.45, 2.75) is 19.6 Å². The fourth-order valence-electron chi connectivity index (χ4n) is 2.23. The Hall–Kier alpha value is -2.84. The van der Waals surface area contributed by atoms with Crippen LogP contribution in [0.3, 0.4) is 0 Å². The number of halogens is 3. The predicted octanol–water partition coefficient (Wildman–Crippen LogP) is 3.70. The van der Waals surface area contributed by atoms with Crippen molar-refractivity contribution in [3.05, 3.63) is 63.6 Å². The quantitative estimate of drug-likeness (QED) is 0.613. The Labute approximate surface area is 134 Å². The van der Waals surface area contributed by atoms with Gasteiger partial charge >= 0.3 is 6.18 Å². The van der Waals surface area contributed by atoms with Crippen LogP contribution in [-0.2, 0) is 6.54 Å². The molecule has 0 radical (unpaired) electrons. The van der Waals surface area contributed by atoms with Gasteiger partial charge in [-0.15, -0.1) is 0 Å². The van der Waals surface area contributed by atoms with E-state index in [0.717, 1.165) is 0 Å². The minimum Gasteiger partial charge on any atom is -0.467 e. The third kappa shape index (κ3) is 4.12. The van der Waals surface area contributed by atoms with Gasteiger partial charge in [0.1, 0.15) is 12.3 Å². The first kappa shape index (κ1) is 17.5. The van der Waals surface area contributed by atoms with Crippen molar-refractivity contribution in [3.63, 3.8) is 0 Å². The van der Waals surface area contributed by atoms with Crippen LogP contribution in [0.25, 0.3) is 0 Å². The van der Waals surface area contributed by atoms with Crippen LogP contribution in [-0.4, -0.2) is 28.5 Å². The molecule has 9 heteroatoms.